The van der Waals surface area contributed by atoms with Crippen molar-refractivity contribution in [3.63, 3.8) is 0 Å². The molecule has 3 aromatic carbocycles. The van der Waals surface area contributed by atoms with Gasteiger partial charge < -0.3 is 29.9 Å². The van der Waals surface area contributed by atoms with Crippen molar-refractivity contribution in [3.8, 4) is 39.9 Å². The van der Waals surface area contributed by atoms with Crippen LogP contribution in [0, 0.1) is 0 Å². The molecule has 0 aliphatic rings. The molecule has 0 aliphatic carbocycles. The number of hydrogen-bond acceptors (Lipinski definition) is 6. The number of para-hydroxylation sites is 2. The lowest BCUT2D eigenvalue weighted by Gasteiger charge is -2.12. The highest BCUT2D eigenvalue weighted by Crippen LogP contribution is 2.55. The smallest absolute Gasteiger partial charge is 0.208 e. The highest BCUT2D eigenvalue weighted by atomic mass is 16.4. The summed E-state index contributed by atoms with van der Waals surface area (Å²) in [6, 6.07) is 12.4. The van der Waals surface area contributed by atoms with Crippen LogP contribution in [0.4, 0.5) is 0 Å². The zero-order valence-electron chi connectivity index (χ0n) is 12.2. The minimum absolute atomic E-state index is 0.229. The number of fused-ring (bicyclic) bond motifs is 3. The van der Waals surface area contributed by atoms with Gasteiger partial charge in [0.1, 0.15) is 11.2 Å². The minimum Gasteiger partial charge on any atom is -0.504 e. The van der Waals surface area contributed by atoms with Gasteiger partial charge in [0, 0.05) is 16.3 Å². The van der Waals surface area contributed by atoms with Crippen LogP contribution in [0.3, 0.4) is 0 Å². The molecule has 0 spiro atoms. The Kier molecular flexibility index (Phi) is 2.77. The molecule has 1 aromatic heterocycles. The maximum absolute atomic E-state index is 10.1. The fraction of sp³-hybridized carbons (Fsp3) is 0. The molecule has 0 saturated heterocycles. The third kappa shape index (κ3) is 1.70. The van der Waals surface area contributed by atoms with E-state index in [2.05, 4.69) is 0 Å². The van der Waals surface area contributed by atoms with Crippen molar-refractivity contribution in [1.82, 2.24) is 0 Å². The van der Waals surface area contributed by atoms with E-state index in [4.69, 9.17) is 4.42 Å². The highest BCUT2D eigenvalue weighted by molar-refractivity contribution is 6.10. The predicted molar refractivity (Wildman–Crippen MR) is 87.5 cm³/mol. The molecular formula is C18H12O6. The molecule has 0 amide bonds. The van der Waals surface area contributed by atoms with Crippen molar-refractivity contribution in [2.45, 2.75) is 0 Å². The van der Waals surface area contributed by atoms with Gasteiger partial charge in [-0.15, -0.1) is 0 Å². The van der Waals surface area contributed by atoms with E-state index in [-0.39, 0.29) is 11.1 Å². The molecule has 0 bridgehead atoms. The molecule has 1 heterocycles. The monoisotopic (exact) mass is 324 g/mol. The van der Waals surface area contributed by atoms with E-state index in [1.807, 2.05) is 24.3 Å². The van der Waals surface area contributed by atoms with E-state index in [9.17, 15) is 25.5 Å². The van der Waals surface area contributed by atoms with Crippen LogP contribution in [0.15, 0.2) is 46.9 Å². The Labute approximate surface area is 135 Å². The minimum atomic E-state index is -0.995. The van der Waals surface area contributed by atoms with Crippen molar-refractivity contribution < 1.29 is 29.9 Å². The van der Waals surface area contributed by atoms with Gasteiger partial charge in [-0.3, -0.25) is 0 Å². The lowest BCUT2D eigenvalue weighted by Crippen LogP contribution is -1.85. The summed E-state index contributed by atoms with van der Waals surface area (Å²) in [5.41, 5.74) is 1.02. The van der Waals surface area contributed by atoms with Gasteiger partial charge in [0.15, 0.2) is 11.5 Å². The van der Waals surface area contributed by atoms with Crippen LogP contribution in [0.5, 0.6) is 28.7 Å². The predicted octanol–water partition coefficient (Wildman–Crippen LogP) is 3.78. The average Bonchev–Trinajstić information content (AvgIpc) is 2.98. The lowest BCUT2D eigenvalue weighted by atomic mass is 9.99. The maximum atomic E-state index is 10.1. The molecule has 0 saturated carbocycles. The fourth-order valence-electron chi connectivity index (χ4n) is 2.88. The average molecular weight is 324 g/mol. The molecule has 6 heteroatoms. The van der Waals surface area contributed by atoms with Crippen LogP contribution in [-0.4, -0.2) is 25.5 Å². The van der Waals surface area contributed by atoms with Gasteiger partial charge >= 0.3 is 0 Å². The summed E-state index contributed by atoms with van der Waals surface area (Å²) in [6.45, 7) is 0. The standard InChI is InChI=1S/C18H12O6/c19-13-12(14(20)16(22)17(23)15(13)21)10-6-3-5-9-8-4-1-2-7-11(8)24-18(9)10/h1-7,19-23H. The largest absolute Gasteiger partial charge is 0.504 e. The number of aromatic hydroxyl groups is 5. The fourth-order valence-corrected chi connectivity index (χ4v) is 2.88. The van der Waals surface area contributed by atoms with E-state index >= 15 is 0 Å². The zero-order valence-corrected chi connectivity index (χ0v) is 12.2. The molecule has 0 unspecified atom stereocenters. The van der Waals surface area contributed by atoms with Crippen LogP contribution in [0.2, 0.25) is 0 Å². The Morgan fingerprint density at radius 1 is 0.583 bits per heavy atom. The summed E-state index contributed by atoms with van der Waals surface area (Å²) >= 11 is 0. The van der Waals surface area contributed by atoms with Crippen molar-refractivity contribution in [2.75, 3.05) is 0 Å². The number of furan rings is 1. The first kappa shape index (κ1) is 14.1. The summed E-state index contributed by atoms with van der Waals surface area (Å²) in [6.07, 6.45) is 0. The van der Waals surface area contributed by atoms with Crippen molar-refractivity contribution in [3.05, 3.63) is 42.5 Å². The van der Waals surface area contributed by atoms with E-state index < -0.39 is 28.7 Å². The number of rotatable bonds is 1. The van der Waals surface area contributed by atoms with Crippen LogP contribution in [0.1, 0.15) is 0 Å². The molecule has 0 fully saturated rings. The molecule has 24 heavy (non-hydrogen) atoms. The molecular weight excluding hydrogens is 312 g/mol. The van der Waals surface area contributed by atoms with E-state index in [1.165, 1.54) is 0 Å². The summed E-state index contributed by atoms with van der Waals surface area (Å²) in [5, 5.41) is 50.9. The first-order valence-electron chi connectivity index (χ1n) is 7.10. The Hall–Kier alpha value is -3.54. The molecule has 4 rings (SSSR count). The second kappa shape index (κ2) is 4.73. The van der Waals surface area contributed by atoms with Crippen LogP contribution < -0.4 is 0 Å². The van der Waals surface area contributed by atoms with Gasteiger partial charge in [0.05, 0.1) is 5.56 Å². The second-order valence-electron chi connectivity index (χ2n) is 5.40. The van der Waals surface area contributed by atoms with Crippen molar-refractivity contribution in [1.29, 1.82) is 0 Å². The normalized spacial score (nSPS) is 11.3. The van der Waals surface area contributed by atoms with Crippen LogP contribution in [0.25, 0.3) is 33.1 Å². The third-order valence-corrected chi connectivity index (χ3v) is 4.04. The maximum Gasteiger partial charge on any atom is 0.208 e. The number of phenolic OH excluding ortho intramolecular Hbond substituents is 5. The van der Waals surface area contributed by atoms with E-state index in [0.29, 0.717) is 11.2 Å². The van der Waals surface area contributed by atoms with Gasteiger partial charge in [-0.05, 0) is 6.07 Å². The molecule has 5 N–H and O–H groups in total. The quantitative estimate of drug-likeness (QED) is 0.269. The molecule has 0 atom stereocenters. The van der Waals surface area contributed by atoms with E-state index in [0.717, 1.165) is 10.8 Å². The van der Waals surface area contributed by atoms with Gasteiger partial charge in [-0.2, -0.15) is 0 Å². The topological polar surface area (TPSA) is 114 Å². The van der Waals surface area contributed by atoms with Crippen LogP contribution in [-0.2, 0) is 0 Å². The molecule has 0 radical (unpaired) electrons. The van der Waals surface area contributed by atoms with E-state index in [1.54, 1.807) is 18.2 Å². The van der Waals surface area contributed by atoms with Gasteiger partial charge in [-0.1, -0.05) is 36.4 Å². The number of benzene rings is 3. The molecule has 120 valence electrons. The SMILES string of the molecule is Oc1c(O)c(O)c(-c2cccc3c2oc2ccccc23)c(O)c1O. The van der Waals surface area contributed by atoms with Gasteiger partial charge in [0.25, 0.3) is 0 Å². The van der Waals surface area contributed by atoms with Gasteiger partial charge in [-0.25, -0.2) is 0 Å². The van der Waals surface area contributed by atoms with Crippen molar-refractivity contribution in [2.24, 2.45) is 0 Å². The summed E-state index contributed by atoms with van der Waals surface area (Å²) < 4.78 is 5.81. The summed E-state index contributed by atoms with van der Waals surface area (Å²) in [7, 11) is 0. The Bertz CT molecular complexity index is 1080. The first-order chi connectivity index (χ1) is 11.5. The van der Waals surface area contributed by atoms with Crippen LogP contribution >= 0.6 is 0 Å². The lowest BCUT2D eigenvalue weighted by molar-refractivity contribution is 0.330. The Morgan fingerprint density at radius 2 is 1.17 bits per heavy atom. The molecule has 4 aromatic rings. The second-order valence-corrected chi connectivity index (χ2v) is 5.40. The summed E-state index contributed by atoms with van der Waals surface area (Å²) in [5.74, 6) is -4.35. The number of phenols is 5. The molecule has 6 nitrogen and oxygen atoms in total. The Balaban J connectivity index is 2.16. The highest BCUT2D eigenvalue weighted by Gasteiger charge is 2.26. The van der Waals surface area contributed by atoms with Crippen molar-refractivity contribution >= 4 is 21.9 Å². The number of hydrogen-bond donors (Lipinski definition) is 5. The summed E-state index contributed by atoms with van der Waals surface area (Å²) in [4.78, 5) is 0. The Morgan fingerprint density at radius 3 is 1.88 bits per heavy atom. The zero-order chi connectivity index (χ0) is 17.0. The third-order valence-electron chi connectivity index (χ3n) is 4.04. The van der Waals surface area contributed by atoms with Gasteiger partial charge in [0.2, 0.25) is 17.2 Å². The first-order valence-corrected chi connectivity index (χ1v) is 7.10. The molecule has 0 aliphatic heterocycles.